The molecular formula is C24H24Cl3N7S. The lowest BCUT2D eigenvalue weighted by molar-refractivity contribution is 0.385. The minimum Gasteiger partial charge on any atom is -0.368 e. The Bertz CT molecular complexity index is 1240. The first-order valence-electron chi connectivity index (χ1n) is 11.0. The summed E-state index contributed by atoms with van der Waals surface area (Å²) in [5.74, 6) is 1.02. The quantitative estimate of drug-likeness (QED) is 0.235. The monoisotopic (exact) mass is 547 g/mol. The number of nitrogens with one attached hydrogen (secondary N) is 2. The molecule has 1 aliphatic rings. The summed E-state index contributed by atoms with van der Waals surface area (Å²) in [7, 11) is 0. The predicted molar refractivity (Wildman–Crippen MR) is 150 cm³/mol. The second-order valence-electron chi connectivity index (χ2n) is 8.04. The van der Waals surface area contributed by atoms with Crippen LogP contribution in [0.1, 0.15) is 11.4 Å². The highest BCUT2D eigenvalue weighted by Crippen LogP contribution is 2.26. The number of hydrogen-bond donors (Lipinski definition) is 2. The van der Waals surface area contributed by atoms with E-state index in [1.165, 1.54) is 0 Å². The molecule has 4 rings (SSSR count). The number of aliphatic imine (C=N–C) groups is 1. The Kier molecular flexibility index (Phi) is 8.28. The molecule has 0 atom stereocenters. The maximum absolute atomic E-state index is 6.29. The molecule has 11 heteroatoms. The number of aryl methyl sites for hydroxylation is 2. The van der Waals surface area contributed by atoms with Crippen LogP contribution < -0.4 is 15.5 Å². The predicted octanol–water partition coefficient (Wildman–Crippen LogP) is 6.04. The van der Waals surface area contributed by atoms with Gasteiger partial charge in [-0.25, -0.2) is 9.97 Å². The number of halogens is 3. The Morgan fingerprint density at radius 2 is 1.57 bits per heavy atom. The van der Waals surface area contributed by atoms with Crippen LogP contribution in [-0.2, 0) is 0 Å². The second-order valence-corrected chi connectivity index (χ2v) is 9.71. The Morgan fingerprint density at radius 1 is 0.886 bits per heavy atom. The van der Waals surface area contributed by atoms with Crippen LogP contribution in [0.3, 0.4) is 0 Å². The van der Waals surface area contributed by atoms with Gasteiger partial charge in [-0.2, -0.15) is 4.99 Å². The zero-order valence-electron chi connectivity index (χ0n) is 19.2. The first kappa shape index (κ1) is 25.4. The molecule has 7 nitrogen and oxygen atoms in total. The maximum atomic E-state index is 6.29. The lowest BCUT2D eigenvalue weighted by atomic mass is 10.2. The van der Waals surface area contributed by atoms with Crippen LogP contribution in [0.25, 0.3) is 0 Å². The van der Waals surface area contributed by atoms with E-state index in [9.17, 15) is 0 Å². The Morgan fingerprint density at radius 3 is 2.23 bits per heavy atom. The lowest BCUT2D eigenvalue weighted by Gasteiger charge is -2.37. The SMILES string of the molecule is Cc1cc(C)nc(N/C(=N/C(=S)Nc2ccc(Cl)cc2Cl)N2CCN(c3cccc(Cl)c3)CC2)n1. The van der Waals surface area contributed by atoms with Crippen LogP contribution in [-0.4, -0.2) is 52.1 Å². The van der Waals surface area contributed by atoms with Gasteiger partial charge in [0.25, 0.3) is 0 Å². The van der Waals surface area contributed by atoms with Crippen LogP contribution in [0.15, 0.2) is 53.5 Å². The van der Waals surface area contributed by atoms with E-state index in [2.05, 4.69) is 41.5 Å². The smallest absolute Gasteiger partial charge is 0.229 e. The van der Waals surface area contributed by atoms with Gasteiger partial charge in [-0.3, -0.25) is 5.32 Å². The van der Waals surface area contributed by atoms with Crippen molar-refractivity contribution in [3.05, 3.63) is 75.0 Å². The van der Waals surface area contributed by atoms with E-state index in [1.54, 1.807) is 18.2 Å². The lowest BCUT2D eigenvalue weighted by Crippen LogP contribution is -2.51. The third-order valence-electron chi connectivity index (χ3n) is 5.34. The highest BCUT2D eigenvalue weighted by molar-refractivity contribution is 7.80. The Balaban J connectivity index is 1.54. The first-order chi connectivity index (χ1) is 16.8. The molecule has 2 heterocycles. The van der Waals surface area contributed by atoms with E-state index < -0.39 is 0 Å². The van der Waals surface area contributed by atoms with Gasteiger partial charge < -0.3 is 15.1 Å². The van der Waals surface area contributed by atoms with Gasteiger partial charge in [-0.05, 0) is 68.5 Å². The largest absolute Gasteiger partial charge is 0.368 e. The summed E-state index contributed by atoms with van der Waals surface area (Å²) in [5, 5.41) is 8.31. The minimum absolute atomic E-state index is 0.248. The van der Waals surface area contributed by atoms with Gasteiger partial charge in [-0.15, -0.1) is 0 Å². The normalized spacial score (nSPS) is 14.1. The van der Waals surface area contributed by atoms with E-state index in [-0.39, 0.29) is 5.11 Å². The molecule has 2 aromatic carbocycles. The van der Waals surface area contributed by atoms with E-state index in [0.29, 0.717) is 40.7 Å². The summed E-state index contributed by atoms with van der Waals surface area (Å²) in [6.07, 6.45) is 0. The summed E-state index contributed by atoms with van der Waals surface area (Å²) in [5.41, 5.74) is 3.44. The molecule has 2 N–H and O–H groups in total. The fraction of sp³-hybridized carbons (Fsp3) is 0.250. The standard InChI is InChI=1S/C24H24Cl3N7S/c1-15-12-16(2)29-22(28-15)31-23(32-24(35)30-21-7-6-18(26)14-20(21)27)34-10-8-33(9-11-34)19-5-3-4-17(25)13-19/h3-7,12-14H,8-11H2,1-2H3,(H2,28,29,30,31,32,35). The number of piperazine rings is 1. The molecule has 1 aromatic heterocycles. The van der Waals surface area contributed by atoms with Crippen molar-refractivity contribution in [3.8, 4) is 0 Å². The van der Waals surface area contributed by atoms with E-state index in [0.717, 1.165) is 35.2 Å². The van der Waals surface area contributed by atoms with Crippen LogP contribution in [0.4, 0.5) is 17.3 Å². The average Bonchev–Trinajstić information content (AvgIpc) is 2.80. The van der Waals surface area contributed by atoms with Crippen LogP contribution in [0.5, 0.6) is 0 Å². The van der Waals surface area contributed by atoms with Gasteiger partial charge >= 0.3 is 0 Å². The van der Waals surface area contributed by atoms with Gasteiger partial charge in [0.15, 0.2) is 0 Å². The summed E-state index contributed by atoms with van der Waals surface area (Å²) >= 11 is 24.0. The fourth-order valence-electron chi connectivity index (χ4n) is 3.74. The number of anilines is 3. The van der Waals surface area contributed by atoms with Gasteiger partial charge in [0.1, 0.15) is 0 Å². The van der Waals surface area contributed by atoms with Crippen molar-refractivity contribution in [1.29, 1.82) is 0 Å². The molecular weight excluding hydrogens is 525 g/mol. The van der Waals surface area contributed by atoms with Crippen LogP contribution in [0, 0.1) is 13.8 Å². The molecule has 0 unspecified atom stereocenters. The van der Waals surface area contributed by atoms with Gasteiger partial charge in [0, 0.05) is 53.3 Å². The number of nitrogens with zero attached hydrogens (tertiary/aromatic N) is 5. The molecule has 0 bridgehead atoms. The molecule has 0 aliphatic carbocycles. The number of hydrogen-bond acceptors (Lipinski definition) is 4. The van der Waals surface area contributed by atoms with Crippen molar-refractivity contribution >= 4 is 75.4 Å². The second kappa shape index (κ2) is 11.4. The minimum atomic E-state index is 0.248. The number of aromatic nitrogens is 2. The average molecular weight is 549 g/mol. The van der Waals surface area contributed by atoms with Crippen molar-refractivity contribution in [2.75, 3.05) is 41.7 Å². The van der Waals surface area contributed by atoms with Crippen molar-refractivity contribution < 1.29 is 0 Å². The maximum Gasteiger partial charge on any atom is 0.229 e. The number of thiocarbonyl (C=S) groups is 1. The Hall–Kier alpha value is -2.65. The zero-order valence-corrected chi connectivity index (χ0v) is 22.3. The highest BCUT2D eigenvalue weighted by atomic mass is 35.5. The van der Waals surface area contributed by atoms with Gasteiger partial charge in [0.05, 0.1) is 10.7 Å². The third-order valence-corrected chi connectivity index (χ3v) is 6.31. The molecule has 0 radical (unpaired) electrons. The molecule has 1 fully saturated rings. The highest BCUT2D eigenvalue weighted by Gasteiger charge is 2.22. The molecule has 0 saturated carbocycles. The molecule has 182 valence electrons. The molecule has 0 amide bonds. The first-order valence-corrected chi connectivity index (χ1v) is 12.5. The number of benzene rings is 2. The summed E-state index contributed by atoms with van der Waals surface area (Å²) < 4.78 is 0. The van der Waals surface area contributed by atoms with Gasteiger partial charge in [-0.1, -0.05) is 40.9 Å². The molecule has 3 aromatic rings. The van der Waals surface area contributed by atoms with Crippen molar-refractivity contribution in [2.24, 2.45) is 4.99 Å². The van der Waals surface area contributed by atoms with Crippen molar-refractivity contribution in [2.45, 2.75) is 13.8 Å². The van der Waals surface area contributed by atoms with Gasteiger partial charge in [0.2, 0.25) is 17.0 Å². The summed E-state index contributed by atoms with van der Waals surface area (Å²) in [4.78, 5) is 18.1. The van der Waals surface area contributed by atoms with Crippen molar-refractivity contribution in [3.63, 3.8) is 0 Å². The number of guanidine groups is 1. The van der Waals surface area contributed by atoms with E-state index >= 15 is 0 Å². The zero-order chi connectivity index (χ0) is 24.9. The van der Waals surface area contributed by atoms with Crippen LogP contribution in [0.2, 0.25) is 15.1 Å². The summed E-state index contributed by atoms with van der Waals surface area (Å²) in [6, 6.07) is 14.9. The summed E-state index contributed by atoms with van der Waals surface area (Å²) in [6.45, 7) is 6.86. The van der Waals surface area contributed by atoms with E-state index in [4.69, 9.17) is 47.0 Å². The number of rotatable bonds is 3. The molecule has 35 heavy (non-hydrogen) atoms. The Labute approximate surface area is 225 Å². The molecule has 1 saturated heterocycles. The fourth-order valence-corrected chi connectivity index (χ4v) is 4.58. The molecule has 1 aliphatic heterocycles. The van der Waals surface area contributed by atoms with Crippen LogP contribution >= 0.6 is 47.0 Å². The third kappa shape index (κ3) is 6.95. The van der Waals surface area contributed by atoms with Crippen molar-refractivity contribution in [1.82, 2.24) is 14.9 Å². The molecule has 0 spiro atoms. The van der Waals surface area contributed by atoms with E-state index in [1.807, 2.05) is 38.1 Å². The topological polar surface area (TPSA) is 68.7 Å².